The van der Waals surface area contributed by atoms with Crippen LogP contribution < -0.4 is 21.7 Å². The van der Waals surface area contributed by atoms with Crippen LogP contribution in [0.1, 0.15) is 17.7 Å². The van der Waals surface area contributed by atoms with E-state index in [2.05, 4.69) is 43.5 Å². The van der Waals surface area contributed by atoms with Crippen molar-refractivity contribution in [3.63, 3.8) is 0 Å². The number of amides is 3. The molecular formula is C24H29N7O7S. The maximum atomic E-state index is 13.3. The highest BCUT2D eigenvalue weighted by Gasteiger charge is 2.31. The molecule has 0 bridgehead atoms. The molecule has 0 aliphatic rings. The Labute approximate surface area is 227 Å². The Morgan fingerprint density at radius 1 is 0.923 bits per heavy atom. The molecule has 0 aliphatic carbocycles. The lowest BCUT2D eigenvalue weighted by Gasteiger charge is -2.24. The Morgan fingerprint density at radius 2 is 1.59 bits per heavy atom. The van der Waals surface area contributed by atoms with Crippen LogP contribution in [0.5, 0.6) is 0 Å². The van der Waals surface area contributed by atoms with E-state index in [9.17, 15) is 29.1 Å². The number of hydrogen-bond donors (Lipinski definition) is 9. The Bertz CT molecular complexity index is 1330. The van der Waals surface area contributed by atoms with Crippen molar-refractivity contribution in [3.05, 3.63) is 54.2 Å². The number of aromatic amines is 2. The van der Waals surface area contributed by atoms with Crippen LogP contribution >= 0.6 is 12.6 Å². The number of thiol groups is 1. The van der Waals surface area contributed by atoms with Gasteiger partial charge in [-0.3, -0.25) is 19.2 Å². The second-order valence-electron chi connectivity index (χ2n) is 8.75. The first kappa shape index (κ1) is 29.2. The molecule has 4 atom stereocenters. The molecule has 2 heterocycles. The second kappa shape index (κ2) is 13.4. The first-order valence-corrected chi connectivity index (χ1v) is 12.5. The summed E-state index contributed by atoms with van der Waals surface area (Å²) < 4.78 is 0. The largest absolute Gasteiger partial charge is 0.481 e. The summed E-state index contributed by atoms with van der Waals surface area (Å²) in [5, 5.41) is 26.8. The number of H-pyrrole nitrogens is 2. The summed E-state index contributed by atoms with van der Waals surface area (Å²) >= 11 is 4.06. The van der Waals surface area contributed by atoms with Crippen molar-refractivity contribution >= 4 is 53.2 Å². The van der Waals surface area contributed by atoms with E-state index in [1.165, 1.54) is 12.5 Å². The minimum Gasteiger partial charge on any atom is -0.481 e. The average molecular weight is 560 g/mol. The molecule has 4 unspecified atom stereocenters. The maximum Gasteiger partial charge on any atom is 0.326 e. The maximum absolute atomic E-state index is 13.3. The third-order valence-electron chi connectivity index (χ3n) is 5.87. The summed E-state index contributed by atoms with van der Waals surface area (Å²) in [7, 11) is 0. The number of fused-ring (bicyclic) bond motifs is 1. The molecule has 3 aromatic rings. The molecule has 9 N–H and O–H groups in total. The lowest BCUT2D eigenvalue weighted by molar-refractivity contribution is -0.142. The van der Waals surface area contributed by atoms with Crippen molar-refractivity contribution in [3.8, 4) is 0 Å². The van der Waals surface area contributed by atoms with Gasteiger partial charge in [-0.25, -0.2) is 9.78 Å². The molecule has 2 aromatic heterocycles. The fraction of sp³-hybridized carbons (Fsp3) is 0.333. The van der Waals surface area contributed by atoms with E-state index in [0.29, 0.717) is 11.3 Å². The summed E-state index contributed by atoms with van der Waals surface area (Å²) in [6.45, 7) is 0. The summed E-state index contributed by atoms with van der Waals surface area (Å²) in [5.41, 5.74) is 7.53. The first-order valence-electron chi connectivity index (χ1n) is 11.8. The molecule has 3 rings (SSSR count). The number of nitrogens with two attached hydrogens (primary N) is 1. The average Bonchev–Trinajstić information content (AvgIpc) is 3.55. The molecule has 39 heavy (non-hydrogen) atoms. The number of nitrogens with one attached hydrogen (secondary N) is 5. The zero-order chi connectivity index (χ0) is 28.5. The van der Waals surface area contributed by atoms with Crippen LogP contribution in [0.25, 0.3) is 10.9 Å². The van der Waals surface area contributed by atoms with Gasteiger partial charge in [0.15, 0.2) is 0 Å². The van der Waals surface area contributed by atoms with Gasteiger partial charge in [-0.05, 0) is 11.6 Å². The fourth-order valence-corrected chi connectivity index (χ4v) is 4.10. The minimum absolute atomic E-state index is 0.0212. The third-order valence-corrected chi connectivity index (χ3v) is 6.24. The van der Waals surface area contributed by atoms with Crippen LogP contribution in [0.15, 0.2) is 43.0 Å². The highest BCUT2D eigenvalue weighted by atomic mass is 32.1. The highest BCUT2D eigenvalue weighted by Crippen LogP contribution is 2.19. The smallest absolute Gasteiger partial charge is 0.326 e. The van der Waals surface area contributed by atoms with Crippen molar-refractivity contribution in [2.24, 2.45) is 5.73 Å². The molecular weight excluding hydrogens is 530 g/mol. The van der Waals surface area contributed by atoms with E-state index in [1.54, 1.807) is 6.20 Å². The second-order valence-corrected chi connectivity index (χ2v) is 9.12. The summed E-state index contributed by atoms with van der Waals surface area (Å²) in [6, 6.07) is 2.10. The lowest BCUT2D eigenvalue weighted by atomic mass is 10.0. The van der Waals surface area contributed by atoms with Crippen LogP contribution in [0, 0.1) is 0 Å². The Morgan fingerprint density at radius 3 is 2.23 bits per heavy atom. The summed E-state index contributed by atoms with van der Waals surface area (Å²) in [5.74, 6) is -5.21. The zero-order valence-corrected chi connectivity index (χ0v) is 21.5. The van der Waals surface area contributed by atoms with Gasteiger partial charge in [-0.2, -0.15) is 12.6 Å². The number of aromatic nitrogens is 3. The number of carboxylic acids is 2. The number of carboxylic acid groups (broad SMARTS) is 2. The molecule has 3 amide bonds. The van der Waals surface area contributed by atoms with Crippen LogP contribution in [0.3, 0.4) is 0 Å². The van der Waals surface area contributed by atoms with E-state index in [0.717, 1.165) is 10.9 Å². The number of carbonyl (C=O) groups excluding carboxylic acids is 3. The van der Waals surface area contributed by atoms with Crippen LogP contribution in [-0.2, 0) is 36.8 Å². The Hall–Kier alpha value is -4.37. The standard InChI is InChI=1S/C24H29N7O7S/c25-15(7-20(32)33)21(34)31-19(10-39)23(36)29-17(6-13-9-26-11-28-13)22(35)30-18(24(37)38)5-12-8-27-16-4-2-1-3-14(12)16/h1-4,8-9,11,15,17-19,27,39H,5-7,10,25H2,(H,26,28)(H,29,36)(H,30,35)(H,31,34)(H,32,33)(H,37,38). The van der Waals surface area contributed by atoms with Crippen molar-refractivity contribution in [1.82, 2.24) is 30.9 Å². The monoisotopic (exact) mass is 559 g/mol. The minimum atomic E-state index is -1.40. The molecule has 208 valence electrons. The number of imidazole rings is 1. The Kier molecular flexibility index (Phi) is 10.1. The van der Waals surface area contributed by atoms with Gasteiger partial charge in [-0.1, -0.05) is 18.2 Å². The van der Waals surface area contributed by atoms with E-state index in [4.69, 9.17) is 10.8 Å². The van der Waals surface area contributed by atoms with E-state index in [1.807, 2.05) is 24.3 Å². The summed E-state index contributed by atoms with van der Waals surface area (Å²) in [6.07, 6.45) is 3.76. The van der Waals surface area contributed by atoms with Crippen LogP contribution in [-0.4, -0.2) is 84.7 Å². The molecule has 0 spiro atoms. The van der Waals surface area contributed by atoms with Crippen molar-refractivity contribution < 1.29 is 34.2 Å². The predicted octanol–water partition coefficient (Wildman–Crippen LogP) is -1.05. The third kappa shape index (κ3) is 8.05. The van der Waals surface area contributed by atoms with Gasteiger partial charge in [0.25, 0.3) is 0 Å². The fourth-order valence-electron chi connectivity index (χ4n) is 3.84. The van der Waals surface area contributed by atoms with Crippen LogP contribution in [0.4, 0.5) is 0 Å². The molecule has 0 radical (unpaired) electrons. The molecule has 1 aromatic carbocycles. The topological polar surface area (TPSA) is 232 Å². The SMILES string of the molecule is NC(CC(=O)O)C(=O)NC(CS)C(=O)NC(Cc1cnc[nH]1)C(=O)NC(Cc1c[nH]c2ccccc12)C(=O)O. The van der Waals surface area contributed by atoms with E-state index < -0.39 is 60.2 Å². The quantitative estimate of drug-likeness (QED) is 0.109. The molecule has 15 heteroatoms. The molecule has 0 aliphatic heterocycles. The molecule has 0 saturated carbocycles. The van der Waals surface area contributed by atoms with Gasteiger partial charge in [0, 0.05) is 47.6 Å². The number of carbonyl (C=O) groups is 5. The Balaban J connectivity index is 1.74. The van der Waals surface area contributed by atoms with Crippen molar-refractivity contribution in [2.75, 3.05) is 5.75 Å². The van der Waals surface area contributed by atoms with Gasteiger partial charge >= 0.3 is 11.9 Å². The number of para-hydroxylation sites is 1. The summed E-state index contributed by atoms with van der Waals surface area (Å²) in [4.78, 5) is 71.1. The number of aliphatic carboxylic acids is 2. The van der Waals surface area contributed by atoms with Gasteiger partial charge in [0.2, 0.25) is 17.7 Å². The first-order chi connectivity index (χ1) is 18.6. The van der Waals surface area contributed by atoms with Gasteiger partial charge in [0.1, 0.15) is 18.1 Å². The predicted molar refractivity (Wildman–Crippen MR) is 142 cm³/mol. The number of hydrogen-bond acceptors (Lipinski definition) is 8. The number of rotatable bonds is 14. The molecule has 0 saturated heterocycles. The van der Waals surface area contributed by atoms with Gasteiger partial charge in [-0.15, -0.1) is 0 Å². The molecule has 0 fully saturated rings. The zero-order valence-electron chi connectivity index (χ0n) is 20.6. The van der Waals surface area contributed by atoms with E-state index >= 15 is 0 Å². The lowest BCUT2D eigenvalue weighted by Crippen LogP contribution is -2.58. The van der Waals surface area contributed by atoms with Gasteiger partial charge < -0.3 is 41.9 Å². The van der Waals surface area contributed by atoms with Crippen molar-refractivity contribution in [2.45, 2.75) is 43.4 Å². The number of benzene rings is 1. The molecule has 14 nitrogen and oxygen atoms in total. The van der Waals surface area contributed by atoms with Gasteiger partial charge in [0.05, 0.1) is 18.8 Å². The highest BCUT2D eigenvalue weighted by molar-refractivity contribution is 7.80. The van der Waals surface area contributed by atoms with E-state index in [-0.39, 0.29) is 18.6 Å². The normalized spacial score (nSPS) is 14.1. The van der Waals surface area contributed by atoms with Crippen LogP contribution in [0.2, 0.25) is 0 Å². The van der Waals surface area contributed by atoms with Crippen molar-refractivity contribution in [1.29, 1.82) is 0 Å². The number of nitrogens with zero attached hydrogens (tertiary/aromatic N) is 1.